The van der Waals surface area contributed by atoms with Crippen LogP contribution in [0.4, 0.5) is 8.78 Å². The van der Waals surface area contributed by atoms with Gasteiger partial charge in [0.05, 0.1) is 7.05 Å². The maximum Gasteiger partial charge on any atom is 0.365 e. The van der Waals surface area contributed by atoms with Gasteiger partial charge >= 0.3 is 5.67 Å². The van der Waals surface area contributed by atoms with Crippen molar-refractivity contribution in [1.29, 1.82) is 0 Å². The minimum Gasteiger partial charge on any atom is -0.239 e. The van der Waals surface area contributed by atoms with Crippen LogP contribution in [-0.4, -0.2) is 12.6 Å². The summed E-state index contributed by atoms with van der Waals surface area (Å²) >= 11 is 0. The van der Waals surface area contributed by atoms with Gasteiger partial charge in [-0.1, -0.05) is 19.6 Å². The fourth-order valence-electron chi connectivity index (χ4n) is 1.00. The second-order valence-corrected chi connectivity index (χ2v) is 9.38. The highest BCUT2D eigenvalue weighted by Gasteiger charge is 2.51. The van der Waals surface area contributed by atoms with E-state index in [0.717, 1.165) is 4.57 Å². The molecule has 0 aliphatic rings. The number of alkyl halides is 2. The third kappa shape index (κ3) is 1.80. The number of rotatable bonds is 2. The molecule has 2 nitrogen and oxygen atoms in total. The molecule has 0 amide bonds. The number of nitrogens with zero attached hydrogens (tertiary/aromatic N) is 2. The monoisotopic (exact) mass is 205 g/mol. The number of aromatic nitrogens is 2. The Hall–Kier alpha value is -0.713. The number of hydrogen-bond acceptors (Lipinski definition) is 0. The van der Waals surface area contributed by atoms with Gasteiger partial charge in [0.2, 0.25) is 6.33 Å². The molecule has 0 saturated heterocycles. The van der Waals surface area contributed by atoms with Crippen LogP contribution in [0, 0.1) is 0 Å². The molecule has 0 N–H and O–H groups in total. The molecule has 0 saturated carbocycles. The molecule has 0 bridgehead atoms. The largest absolute Gasteiger partial charge is 0.365 e. The van der Waals surface area contributed by atoms with Gasteiger partial charge in [-0.15, -0.1) is 0 Å². The van der Waals surface area contributed by atoms with Crippen LogP contribution < -0.4 is 4.57 Å². The first-order valence-electron chi connectivity index (χ1n) is 4.16. The molecule has 0 aromatic carbocycles. The molecule has 1 rings (SSSR count). The van der Waals surface area contributed by atoms with Crippen molar-refractivity contribution < 1.29 is 13.3 Å². The predicted octanol–water partition coefficient (Wildman–Crippen LogP) is 1.74. The van der Waals surface area contributed by atoms with Crippen LogP contribution in [0.25, 0.3) is 0 Å². The van der Waals surface area contributed by atoms with Crippen molar-refractivity contribution in [2.75, 3.05) is 0 Å². The van der Waals surface area contributed by atoms with Crippen LogP contribution in [0.3, 0.4) is 0 Å². The van der Waals surface area contributed by atoms with Gasteiger partial charge in [0.1, 0.15) is 12.4 Å². The number of halogens is 2. The fraction of sp³-hybridized carbons (Fsp3) is 0.625. The molecule has 0 radical (unpaired) electrons. The lowest BCUT2D eigenvalue weighted by atomic mass is 10.9. The van der Waals surface area contributed by atoms with Gasteiger partial charge in [-0.05, 0) is 0 Å². The summed E-state index contributed by atoms with van der Waals surface area (Å²) in [5.41, 5.74) is -2.71. The molecule has 5 heteroatoms. The van der Waals surface area contributed by atoms with Gasteiger partial charge in [0.15, 0.2) is 8.07 Å². The SMILES string of the molecule is C[n+]1ccn(C(F)(F)[Si](C)(C)C)c1. The Labute approximate surface area is 77.8 Å². The van der Waals surface area contributed by atoms with Gasteiger partial charge in [-0.3, -0.25) is 0 Å². The lowest BCUT2D eigenvalue weighted by molar-refractivity contribution is -0.671. The summed E-state index contributed by atoms with van der Waals surface area (Å²) in [4.78, 5) is 0. The van der Waals surface area contributed by atoms with E-state index in [1.54, 1.807) is 37.5 Å². The molecule has 0 aliphatic heterocycles. The lowest BCUT2D eigenvalue weighted by Crippen LogP contribution is -2.47. The summed E-state index contributed by atoms with van der Waals surface area (Å²) < 4.78 is 30.0. The van der Waals surface area contributed by atoms with E-state index < -0.39 is 13.7 Å². The Bertz CT molecular complexity index is 301. The normalized spacial score (nSPS) is 13.4. The maximum atomic E-state index is 13.7. The van der Waals surface area contributed by atoms with Crippen molar-refractivity contribution in [3.63, 3.8) is 0 Å². The van der Waals surface area contributed by atoms with E-state index in [0.29, 0.717) is 0 Å². The predicted molar refractivity (Wildman–Crippen MR) is 49.1 cm³/mol. The van der Waals surface area contributed by atoms with E-state index in [4.69, 9.17) is 0 Å². The van der Waals surface area contributed by atoms with Gasteiger partial charge in [0, 0.05) is 0 Å². The van der Waals surface area contributed by atoms with Crippen molar-refractivity contribution in [1.82, 2.24) is 4.57 Å². The smallest absolute Gasteiger partial charge is 0.239 e. The van der Waals surface area contributed by atoms with Crippen LogP contribution in [0.5, 0.6) is 0 Å². The summed E-state index contributed by atoms with van der Waals surface area (Å²) in [6.45, 7) is 4.98. The minimum atomic E-state index is -2.71. The second-order valence-electron chi connectivity index (χ2n) is 4.28. The van der Waals surface area contributed by atoms with Crippen LogP contribution >= 0.6 is 0 Å². The van der Waals surface area contributed by atoms with Crippen LogP contribution in [0.15, 0.2) is 18.7 Å². The van der Waals surface area contributed by atoms with Crippen LogP contribution in [-0.2, 0) is 12.7 Å². The molecular weight excluding hydrogens is 190 g/mol. The van der Waals surface area contributed by atoms with E-state index in [1.165, 1.54) is 12.5 Å². The van der Waals surface area contributed by atoms with E-state index in [2.05, 4.69) is 0 Å². The molecule has 0 unspecified atom stereocenters. The molecule has 1 heterocycles. The Morgan fingerprint density at radius 2 is 1.85 bits per heavy atom. The summed E-state index contributed by atoms with van der Waals surface area (Å²) in [6.07, 6.45) is 4.45. The van der Waals surface area contributed by atoms with Gasteiger partial charge in [0.25, 0.3) is 0 Å². The molecule has 0 fully saturated rings. The second kappa shape index (κ2) is 2.90. The number of imidazole rings is 1. The average molecular weight is 205 g/mol. The van der Waals surface area contributed by atoms with E-state index in [9.17, 15) is 8.78 Å². The highest BCUT2D eigenvalue weighted by molar-refractivity contribution is 6.77. The van der Waals surface area contributed by atoms with Crippen molar-refractivity contribution in [2.45, 2.75) is 25.3 Å². The molecule has 0 aliphatic carbocycles. The Morgan fingerprint density at radius 3 is 2.15 bits per heavy atom. The molecular formula is C8H15F2N2Si+. The van der Waals surface area contributed by atoms with Crippen molar-refractivity contribution >= 4 is 8.07 Å². The van der Waals surface area contributed by atoms with Crippen molar-refractivity contribution in [3.05, 3.63) is 18.7 Å². The van der Waals surface area contributed by atoms with E-state index >= 15 is 0 Å². The van der Waals surface area contributed by atoms with E-state index in [1.807, 2.05) is 0 Å². The van der Waals surface area contributed by atoms with Crippen molar-refractivity contribution in [2.24, 2.45) is 7.05 Å². The highest BCUT2D eigenvalue weighted by Crippen LogP contribution is 2.31. The Kier molecular flexibility index (Phi) is 2.31. The zero-order valence-corrected chi connectivity index (χ0v) is 9.38. The topological polar surface area (TPSA) is 8.81 Å². The van der Waals surface area contributed by atoms with Crippen molar-refractivity contribution in [3.8, 4) is 0 Å². The van der Waals surface area contributed by atoms with Gasteiger partial charge in [-0.25, -0.2) is 4.57 Å². The summed E-state index contributed by atoms with van der Waals surface area (Å²) in [5.74, 6) is 0. The summed E-state index contributed by atoms with van der Waals surface area (Å²) in [5, 5.41) is 0. The Balaban J connectivity index is 3.07. The fourth-order valence-corrected chi connectivity index (χ4v) is 1.91. The summed E-state index contributed by atoms with van der Waals surface area (Å²) in [6, 6.07) is 0. The number of hydrogen-bond donors (Lipinski definition) is 0. The van der Waals surface area contributed by atoms with Crippen LogP contribution in [0.2, 0.25) is 19.6 Å². The number of aryl methyl sites for hydroxylation is 1. The zero-order chi connectivity index (χ0) is 10.3. The molecule has 0 spiro atoms. The third-order valence-corrected chi connectivity index (χ3v) is 4.06. The third-order valence-electron chi connectivity index (χ3n) is 2.00. The first-order valence-corrected chi connectivity index (χ1v) is 7.66. The van der Waals surface area contributed by atoms with Gasteiger partial charge in [-0.2, -0.15) is 13.3 Å². The molecule has 1 aromatic rings. The first kappa shape index (κ1) is 10.4. The average Bonchev–Trinajstić information content (AvgIpc) is 2.33. The molecule has 0 atom stereocenters. The van der Waals surface area contributed by atoms with Gasteiger partial charge < -0.3 is 0 Å². The Morgan fingerprint density at radius 1 is 1.31 bits per heavy atom. The molecule has 74 valence electrons. The standard InChI is InChI=1S/C8H15F2N2Si/c1-11-5-6-12(7-11)8(9,10)13(2,3)4/h5-7H,1-4H3/q+1. The molecule has 1 aromatic heterocycles. The maximum absolute atomic E-state index is 13.7. The minimum absolute atomic E-state index is 0.999. The lowest BCUT2D eigenvalue weighted by Gasteiger charge is -2.24. The van der Waals surface area contributed by atoms with E-state index in [-0.39, 0.29) is 0 Å². The first-order chi connectivity index (χ1) is 5.75. The quantitative estimate of drug-likeness (QED) is 0.514. The highest BCUT2D eigenvalue weighted by atomic mass is 28.3. The molecule has 13 heavy (non-hydrogen) atoms. The summed E-state index contributed by atoms with van der Waals surface area (Å²) in [7, 11) is -0.763. The van der Waals surface area contributed by atoms with Crippen LogP contribution in [0.1, 0.15) is 0 Å². The zero-order valence-electron chi connectivity index (χ0n) is 8.38.